The summed E-state index contributed by atoms with van der Waals surface area (Å²) in [5.74, 6) is -5.14. The number of Topliss-reactive ketones (excluding diaryl/α,β-unsaturated/α-hetero) is 1. The van der Waals surface area contributed by atoms with Crippen LogP contribution in [-0.4, -0.2) is 223 Å². The molecule has 0 aliphatic rings. The lowest BCUT2D eigenvalue weighted by Gasteiger charge is -2.37. The molecule has 11 atom stereocenters. The van der Waals surface area contributed by atoms with E-state index < -0.39 is 179 Å². The monoisotopic (exact) mass is 1880 g/mol. The second-order valence-corrected chi connectivity index (χ2v) is 41.1. The largest absolute Gasteiger partial charge is 0.488 e. The first-order chi connectivity index (χ1) is 62.2. The Kier molecular flexibility index (Phi) is 45.1. The fourth-order valence-corrected chi connectivity index (χ4v) is 16.0. The van der Waals surface area contributed by atoms with Gasteiger partial charge < -0.3 is 91.1 Å². The van der Waals surface area contributed by atoms with Crippen molar-refractivity contribution in [3.63, 3.8) is 0 Å². The lowest BCUT2D eigenvalue weighted by Crippen LogP contribution is -2.64. The van der Waals surface area contributed by atoms with Crippen molar-refractivity contribution < 1.29 is 90.6 Å². The van der Waals surface area contributed by atoms with Crippen molar-refractivity contribution in [2.75, 3.05) is 69.7 Å². The van der Waals surface area contributed by atoms with Gasteiger partial charge in [-0.3, -0.25) is 47.9 Å². The highest BCUT2D eigenvalue weighted by Gasteiger charge is 2.43. The first kappa shape index (κ1) is 111. The maximum atomic E-state index is 16.4. The molecule has 32 heteroatoms. The van der Waals surface area contributed by atoms with Crippen molar-refractivity contribution in [3.8, 4) is 11.5 Å². The van der Waals surface area contributed by atoms with E-state index in [1.165, 1.54) is 29.5 Å². The second-order valence-electron chi connectivity index (χ2n) is 37.3. The van der Waals surface area contributed by atoms with Crippen molar-refractivity contribution in [2.24, 2.45) is 5.92 Å². The minimum absolute atomic E-state index is 0.000697. The summed E-state index contributed by atoms with van der Waals surface area (Å²) in [4.78, 5) is 162. The number of hydrogen-bond donors (Lipinski definition) is 10. The average Bonchev–Trinajstić information content (AvgIpc) is 0.753. The fraction of sp³-hybridized carbons (Fsp3) is 0.530. The normalized spacial score (nSPS) is 14.5. The quantitative estimate of drug-likeness (QED) is 0.00963. The molecule has 6 aromatic rings. The Morgan fingerprint density at radius 3 is 1.24 bits per heavy atom. The highest BCUT2D eigenvalue weighted by molar-refractivity contribution is 8.76. The van der Waals surface area contributed by atoms with Crippen LogP contribution in [0.5, 0.6) is 11.5 Å². The molecule has 10 N–H and O–H groups in total. The molecule has 0 aliphatic heterocycles. The van der Waals surface area contributed by atoms with Gasteiger partial charge in [0.2, 0.25) is 53.2 Å². The van der Waals surface area contributed by atoms with Gasteiger partial charge in [0.05, 0.1) is 56.4 Å². The maximum absolute atomic E-state index is 16.4. The Labute approximate surface area is 792 Å². The van der Waals surface area contributed by atoms with Crippen LogP contribution >= 0.6 is 33.3 Å². The van der Waals surface area contributed by atoms with Crippen LogP contribution in [0, 0.1) is 5.92 Å². The number of ether oxygens (including phenoxy) is 8. The van der Waals surface area contributed by atoms with E-state index in [1.54, 1.807) is 166 Å². The molecule has 0 bridgehead atoms. The Balaban J connectivity index is 1.42. The molecule has 6 aromatic carbocycles. The summed E-state index contributed by atoms with van der Waals surface area (Å²) < 4.78 is 49.4. The van der Waals surface area contributed by atoms with Crippen LogP contribution in [0.2, 0.25) is 0 Å². The SMILES string of the molecule is CCSSC[C@H](NC(=O)OC(C)(C)C)C(=O)NCCOCCOCC(=O)N[C@@H](Cc1ccc(OC(C)(C)C)cc1)C(=O)N[C@@H](COC(C)(C)C)C(=O)N[C@H](C(=O)N[C@@H](COC(c1ccccc1)(c1ccccc1)c1ccccc1)C(=O)N[C@@H](Cc1ccc(OC(C)(C)C)cc1)C(=O)N[C@@H](Cc1ccccc1)C(=O)N[C@H](C(=O)N[C@@H](CCSC)C(C)=O)C(C)CC)C(C)OC(C)(C)C. The summed E-state index contributed by atoms with van der Waals surface area (Å²) in [6.07, 6.45) is 0.251. The molecule has 0 spiro atoms. The summed E-state index contributed by atoms with van der Waals surface area (Å²) in [5, 5.41) is 28.5. The summed E-state index contributed by atoms with van der Waals surface area (Å²) >= 11 is 1.52. The van der Waals surface area contributed by atoms with Crippen LogP contribution in [0.4, 0.5) is 4.79 Å². The number of rotatable bonds is 53. The van der Waals surface area contributed by atoms with Gasteiger partial charge in [-0.2, -0.15) is 11.8 Å². The summed E-state index contributed by atoms with van der Waals surface area (Å²) in [5.41, 5.74) is -1.84. The third kappa shape index (κ3) is 40.0. The van der Waals surface area contributed by atoms with Gasteiger partial charge >= 0.3 is 6.09 Å². The first-order valence-electron chi connectivity index (χ1n) is 45.0. The molecule has 10 amide bonds. The lowest BCUT2D eigenvalue weighted by molar-refractivity contribution is -0.143. The highest BCUT2D eigenvalue weighted by atomic mass is 33.1. The van der Waals surface area contributed by atoms with Crippen molar-refractivity contribution in [1.82, 2.24) is 53.2 Å². The molecule has 132 heavy (non-hydrogen) atoms. The molecule has 0 aliphatic carbocycles. The van der Waals surface area contributed by atoms with E-state index in [2.05, 4.69) is 53.2 Å². The van der Waals surface area contributed by atoms with Gasteiger partial charge in [0, 0.05) is 37.3 Å². The van der Waals surface area contributed by atoms with Crippen LogP contribution in [0.25, 0.3) is 0 Å². The van der Waals surface area contributed by atoms with E-state index in [-0.39, 0.29) is 57.2 Å². The molecular weight excluding hydrogens is 1740 g/mol. The minimum Gasteiger partial charge on any atom is -0.488 e. The van der Waals surface area contributed by atoms with E-state index in [4.69, 9.17) is 37.9 Å². The topological polar surface area (TPSA) is 382 Å². The molecule has 2 unspecified atom stereocenters. The van der Waals surface area contributed by atoms with Gasteiger partial charge in [-0.15, -0.1) is 0 Å². The lowest BCUT2D eigenvalue weighted by atomic mass is 9.80. The maximum Gasteiger partial charge on any atom is 0.408 e. The zero-order valence-electron chi connectivity index (χ0n) is 80.6. The van der Waals surface area contributed by atoms with Gasteiger partial charge in [-0.1, -0.05) is 194 Å². The molecule has 0 fully saturated rings. The number of alkyl carbamates (subject to hydrolysis) is 1. The van der Waals surface area contributed by atoms with Crippen molar-refractivity contribution in [3.05, 3.63) is 203 Å². The predicted octanol–water partition coefficient (Wildman–Crippen LogP) is 11.8. The van der Waals surface area contributed by atoms with Crippen LogP contribution in [-0.2, 0) is 101 Å². The molecule has 0 heterocycles. The van der Waals surface area contributed by atoms with Gasteiger partial charge in [0.1, 0.15) is 88.8 Å². The Hall–Kier alpha value is -10.1. The van der Waals surface area contributed by atoms with Crippen molar-refractivity contribution in [1.29, 1.82) is 0 Å². The van der Waals surface area contributed by atoms with E-state index in [0.717, 1.165) is 5.75 Å². The zero-order chi connectivity index (χ0) is 97.6. The molecule has 0 aromatic heterocycles. The van der Waals surface area contributed by atoms with Gasteiger partial charge in [-0.25, -0.2) is 4.79 Å². The minimum atomic E-state index is -1.80. The number of nitrogens with one attached hydrogen (secondary N) is 10. The van der Waals surface area contributed by atoms with Gasteiger partial charge in [-0.05, 0) is 200 Å². The Morgan fingerprint density at radius 2 is 0.795 bits per heavy atom. The third-order valence-electron chi connectivity index (χ3n) is 20.1. The third-order valence-corrected chi connectivity index (χ3v) is 23.3. The average molecular weight is 1880 g/mol. The van der Waals surface area contributed by atoms with E-state index in [9.17, 15) is 24.0 Å². The Morgan fingerprint density at radius 1 is 0.386 bits per heavy atom. The number of carbonyl (C=O) groups is 11. The number of benzene rings is 6. The molecule has 29 nitrogen and oxygen atoms in total. The van der Waals surface area contributed by atoms with E-state index in [1.807, 2.05) is 153 Å². The fourth-order valence-electron chi connectivity index (χ4n) is 13.7. The molecule has 0 saturated carbocycles. The summed E-state index contributed by atoms with van der Waals surface area (Å²) in [6.45, 7) is 34.0. The van der Waals surface area contributed by atoms with Gasteiger partial charge in [0.15, 0.2) is 5.78 Å². The van der Waals surface area contributed by atoms with Crippen molar-refractivity contribution in [2.45, 2.75) is 265 Å². The number of amides is 10. The van der Waals surface area contributed by atoms with E-state index in [0.29, 0.717) is 63.5 Å². The number of ketones is 1. The van der Waals surface area contributed by atoms with E-state index >= 15 is 28.8 Å². The molecular formula is C100H142N10O19S3. The number of hydrogen-bond acceptors (Lipinski definition) is 22. The summed E-state index contributed by atoms with van der Waals surface area (Å²) in [6, 6.07) is 38.1. The summed E-state index contributed by atoms with van der Waals surface area (Å²) in [7, 11) is 2.98. The molecule has 6 rings (SSSR count). The zero-order valence-corrected chi connectivity index (χ0v) is 83.1. The molecule has 0 radical (unpaired) electrons. The molecule has 0 saturated heterocycles. The Bertz CT molecular complexity index is 4510. The second kappa shape index (κ2) is 53.7. The first-order valence-corrected chi connectivity index (χ1v) is 48.9. The highest BCUT2D eigenvalue weighted by Crippen LogP contribution is 2.41. The predicted molar refractivity (Wildman–Crippen MR) is 519 cm³/mol. The van der Waals surface area contributed by atoms with Crippen LogP contribution in [0.1, 0.15) is 185 Å². The van der Waals surface area contributed by atoms with Crippen LogP contribution in [0.3, 0.4) is 0 Å². The van der Waals surface area contributed by atoms with Gasteiger partial charge in [0.25, 0.3) is 0 Å². The van der Waals surface area contributed by atoms with Crippen LogP contribution < -0.4 is 62.6 Å². The smallest absolute Gasteiger partial charge is 0.408 e. The standard InChI is InChI=1S/C100H142N10O19S3/c1-22-65(3)84(92(119)103-76(66(4)111)52-57-130-21)109-89(116)79(58-68-36-28-24-29-37-68)104-88(115)78(60-70-46-50-75(51-47-70)128-98(15,16)17)105-90(117)81(62-125-100(71-38-30-25-31-39-71,72-40-32-26-33-41-72)73-42-34-27-35-43-73)107-93(120)85(67(5)126-96(9,10)11)110-91(118)80(61-124-95(6,7)8)106-87(114)77(59-69-44-48-74(49-45-69)127-97(12,13)14)102-83(112)63-123-56-55-122-54-53-101-86(113)82(64-132-131-23-2)108-94(121)129-99(18,19)20/h24-51,65,67,76-82,84-85H,22-23,52-64H2,1-21H3,(H,101,113)(H,102,112)(H,103,119)(H,104,115)(H,105,117)(H,106,114)(H,107,120)(H,108,121)(H,109,116)(H,110,118)/t65?,67?,76-,77-,78-,79-,80-,81-,82-,84-,85-/m0/s1. The van der Waals surface area contributed by atoms with Crippen LogP contribution in [0.15, 0.2) is 170 Å². The molecule has 724 valence electrons. The number of carbonyl (C=O) groups excluding carboxylic acids is 11. The van der Waals surface area contributed by atoms with Crippen molar-refractivity contribution >= 4 is 98.4 Å². The number of thioether (sulfide) groups is 1.